The summed E-state index contributed by atoms with van der Waals surface area (Å²) in [5, 5.41) is 10.7. The van der Waals surface area contributed by atoms with E-state index in [0.29, 0.717) is 28.5 Å². The molecule has 0 spiro atoms. The van der Waals surface area contributed by atoms with Crippen molar-refractivity contribution in [2.24, 2.45) is 0 Å². The van der Waals surface area contributed by atoms with Crippen molar-refractivity contribution in [3.05, 3.63) is 33.8 Å². The molecule has 21 heavy (non-hydrogen) atoms. The van der Waals surface area contributed by atoms with Crippen molar-refractivity contribution < 1.29 is 13.5 Å². The minimum Gasteiger partial charge on any atom is -0.391 e. The van der Waals surface area contributed by atoms with Crippen molar-refractivity contribution in [2.45, 2.75) is 43.6 Å². The average molecular weight is 352 g/mol. The van der Waals surface area contributed by atoms with Gasteiger partial charge in [-0.1, -0.05) is 42.1 Å². The van der Waals surface area contributed by atoms with Crippen LogP contribution in [0, 0.1) is 0 Å². The predicted molar refractivity (Wildman–Crippen MR) is 85.1 cm³/mol. The molecule has 1 aromatic rings. The first-order valence-electron chi connectivity index (χ1n) is 6.89. The Morgan fingerprint density at radius 2 is 1.90 bits per heavy atom. The third-order valence-corrected chi connectivity index (χ3v) is 6.52. The average Bonchev–Trinajstić information content (AvgIpc) is 2.42. The Hall–Kier alpha value is -0.330. The first-order valence-corrected chi connectivity index (χ1v) is 9.25. The lowest BCUT2D eigenvalue weighted by molar-refractivity contribution is 0.0637. The molecule has 1 aliphatic rings. The van der Waals surface area contributed by atoms with Gasteiger partial charge in [-0.2, -0.15) is 4.31 Å². The molecule has 2 rings (SSSR count). The van der Waals surface area contributed by atoms with Crippen molar-refractivity contribution in [1.29, 1.82) is 0 Å². The highest BCUT2D eigenvalue weighted by Gasteiger charge is 2.33. The Morgan fingerprint density at radius 3 is 2.52 bits per heavy atom. The summed E-state index contributed by atoms with van der Waals surface area (Å²) >= 11 is 11.7. The summed E-state index contributed by atoms with van der Waals surface area (Å²) in [5.74, 6) is -0.149. The number of nitrogens with zero attached hydrogens (tertiary/aromatic N) is 1. The zero-order chi connectivity index (χ0) is 15.6. The molecule has 1 fully saturated rings. The smallest absolute Gasteiger partial charge is 0.218 e. The highest BCUT2D eigenvalue weighted by Crippen LogP contribution is 2.27. The fourth-order valence-electron chi connectivity index (χ4n) is 2.66. The van der Waals surface area contributed by atoms with Gasteiger partial charge in [0.1, 0.15) is 0 Å². The molecule has 2 atom stereocenters. The number of aliphatic hydroxyl groups is 1. The first kappa shape index (κ1) is 17.0. The van der Waals surface area contributed by atoms with Crippen LogP contribution in [0.3, 0.4) is 0 Å². The minimum absolute atomic E-state index is 0.149. The second-order valence-corrected chi connectivity index (χ2v) is 8.28. The molecule has 0 radical (unpaired) electrons. The lowest BCUT2D eigenvalue weighted by Crippen LogP contribution is -2.46. The molecule has 4 nitrogen and oxygen atoms in total. The number of hydrogen-bond acceptors (Lipinski definition) is 3. The van der Waals surface area contributed by atoms with Gasteiger partial charge in [0.25, 0.3) is 0 Å². The number of sulfonamides is 1. The molecule has 0 saturated heterocycles. The number of halogens is 2. The van der Waals surface area contributed by atoms with Crippen LogP contribution in [0.15, 0.2) is 18.2 Å². The third kappa shape index (κ3) is 4.11. The topological polar surface area (TPSA) is 57.6 Å². The van der Waals surface area contributed by atoms with Crippen LogP contribution in [-0.2, 0) is 15.8 Å². The zero-order valence-corrected chi connectivity index (χ0v) is 14.1. The van der Waals surface area contributed by atoms with Gasteiger partial charge in [-0.3, -0.25) is 0 Å². The van der Waals surface area contributed by atoms with Crippen LogP contribution in [0.4, 0.5) is 0 Å². The second kappa shape index (κ2) is 6.84. The number of rotatable bonds is 4. The molecule has 0 bridgehead atoms. The van der Waals surface area contributed by atoms with Crippen molar-refractivity contribution in [1.82, 2.24) is 4.31 Å². The van der Waals surface area contributed by atoms with Crippen LogP contribution in [0.25, 0.3) is 0 Å². The number of hydrogen-bond donors (Lipinski definition) is 1. The number of benzene rings is 1. The van der Waals surface area contributed by atoms with Crippen LogP contribution in [0.5, 0.6) is 0 Å². The highest BCUT2D eigenvalue weighted by molar-refractivity contribution is 7.88. The quantitative estimate of drug-likeness (QED) is 0.906. The predicted octanol–water partition coefficient (Wildman–Crippen LogP) is 3.06. The summed E-state index contributed by atoms with van der Waals surface area (Å²) in [4.78, 5) is 0. The van der Waals surface area contributed by atoms with E-state index in [1.807, 2.05) is 0 Å². The van der Waals surface area contributed by atoms with Crippen molar-refractivity contribution in [3.63, 3.8) is 0 Å². The Morgan fingerprint density at radius 1 is 1.24 bits per heavy atom. The normalized spacial score (nSPS) is 23.5. The van der Waals surface area contributed by atoms with E-state index in [1.54, 1.807) is 18.2 Å². The van der Waals surface area contributed by atoms with Crippen molar-refractivity contribution in [3.8, 4) is 0 Å². The highest BCUT2D eigenvalue weighted by atomic mass is 35.5. The van der Waals surface area contributed by atoms with Gasteiger partial charge in [-0.15, -0.1) is 0 Å². The Kier molecular flexibility index (Phi) is 5.54. The second-order valence-electron chi connectivity index (χ2n) is 5.44. The molecule has 118 valence electrons. The molecule has 0 unspecified atom stereocenters. The summed E-state index contributed by atoms with van der Waals surface area (Å²) in [5.41, 5.74) is 0.585. The van der Waals surface area contributed by atoms with E-state index < -0.39 is 16.1 Å². The van der Waals surface area contributed by atoms with Gasteiger partial charge in [0.2, 0.25) is 10.0 Å². The van der Waals surface area contributed by atoms with E-state index in [0.717, 1.165) is 12.8 Å². The van der Waals surface area contributed by atoms with Gasteiger partial charge in [-0.05, 0) is 30.5 Å². The van der Waals surface area contributed by atoms with Gasteiger partial charge < -0.3 is 5.11 Å². The molecule has 7 heteroatoms. The molecule has 1 saturated carbocycles. The standard InChI is InChI=1S/C14H19Cl2NO3S/c1-17(13-4-2-3-5-14(13)18)21(19,20)9-10-6-7-11(15)12(16)8-10/h6-8,13-14,18H,2-5,9H2,1H3/t13-,14-/m0/s1. The molecular formula is C14H19Cl2NO3S. The fourth-order valence-corrected chi connectivity index (χ4v) is 4.45. The van der Waals surface area contributed by atoms with Crippen LogP contribution < -0.4 is 0 Å². The summed E-state index contributed by atoms with van der Waals surface area (Å²) in [6.07, 6.45) is 2.63. The van der Waals surface area contributed by atoms with Gasteiger partial charge in [-0.25, -0.2) is 8.42 Å². The molecule has 1 aromatic carbocycles. The van der Waals surface area contributed by atoms with Crippen molar-refractivity contribution in [2.75, 3.05) is 7.05 Å². The summed E-state index contributed by atoms with van der Waals surface area (Å²) in [7, 11) is -1.97. The molecule has 0 aliphatic heterocycles. The lowest BCUT2D eigenvalue weighted by Gasteiger charge is -2.34. The SMILES string of the molecule is CN([C@H]1CCCC[C@@H]1O)S(=O)(=O)Cc1ccc(Cl)c(Cl)c1. The first-order chi connectivity index (χ1) is 9.81. The third-order valence-electron chi connectivity index (χ3n) is 3.93. The maximum absolute atomic E-state index is 12.5. The van der Waals surface area contributed by atoms with Gasteiger partial charge in [0, 0.05) is 7.05 Å². The van der Waals surface area contributed by atoms with Crippen LogP contribution in [0.1, 0.15) is 31.2 Å². The van der Waals surface area contributed by atoms with E-state index in [-0.39, 0.29) is 11.8 Å². The molecular weight excluding hydrogens is 333 g/mol. The molecule has 0 heterocycles. The molecule has 0 aromatic heterocycles. The van der Waals surface area contributed by atoms with E-state index >= 15 is 0 Å². The van der Waals surface area contributed by atoms with Crippen LogP contribution >= 0.6 is 23.2 Å². The van der Waals surface area contributed by atoms with Gasteiger partial charge in [0.15, 0.2) is 0 Å². The minimum atomic E-state index is -3.50. The monoisotopic (exact) mass is 351 g/mol. The van der Waals surface area contributed by atoms with E-state index in [9.17, 15) is 13.5 Å². The zero-order valence-electron chi connectivity index (χ0n) is 11.8. The van der Waals surface area contributed by atoms with E-state index in [4.69, 9.17) is 23.2 Å². The van der Waals surface area contributed by atoms with E-state index in [2.05, 4.69) is 0 Å². The van der Waals surface area contributed by atoms with E-state index in [1.165, 1.54) is 11.4 Å². The van der Waals surface area contributed by atoms with Crippen LogP contribution in [-0.4, -0.2) is 37.0 Å². The fraction of sp³-hybridized carbons (Fsp3) is 0.571. The Bertz CT molecular complexity index is 606. The Labute approximate surface area is 135 Å². The largest absolute Gasteiger partial charge is 0.391 e. The molecule has 1 N–H and O–H groups in total. The van der Waals surface area contributed by atoms with Crippen molar-refractivity contribution >= 4 is 33.2 Å². The number of aliphatic hydroxyl groups excluding tert-OH is 1. The summed E-state index contributed by atoms with van der Waals surface area (Å²) in [6, 6.07) is 4.46. The maximum Gasteiger partial charge on any atom is 0.218 e. The lowest BCUT2D eigenvalue weighted by atomic mass is 9.93. The Balaban J connectivity index is 2.15. The van der Waals surface area contributed by atoms with Gasteiger partial charge >= 0.3 is 0 Å². The van der Waals surface area contributed by atoms with Gasteiger partial charge in [0.05, 0.1) is 27.9 Å². The maximum atomic E-state index is 12.5. The molecule has 1 aliphatic carbocycles. The molecule has 0 amide bonds. The summed E-state index contributed by atoms with van der Waals surface area (Å²) in [6.45, 7) is 0. The number of likely N-dealkylation sites (N-methyl/N-ethyl adjacent to an activating group) is 1. The van der Waals surface area contributed by atoms with Crippen LogP contribution in [0.2, 0.25) is 10.0 Å². The summed E-state index contributed by atoms with van der Waals surface area (Å²) < 4.78 is 26.3.